The summed E-state index contributed by atoms with van der Waals surface area (Å²) in [5, 5.41) is 1.05. The topological polar surface area (TPSA) is 36.1 Å². The molecule has 2 aromatic carbocycles. The highest BCUT2D eigenvalue weighted by molar-refractivity contribution is 6.07. The molecule has 20 heavy (non-hydrogen) atoms. The summed E-state index contributed by atoms with van der Waals surface area (Å²) >= 11 is 0. The standard InChI is InChI=1S/C17H16N2O/c1-12-7-9-14(10-8-12)19(2)17(20)16-11-13-5-3-4-6-15(13)18-16/h3-11,18H,1-2H3. The molecule has 1 heterocycles. The Balaban J connectivity index is 1.93. The minimum absolute atomic E-state index is 0.0370. The molecule has 0 unspecified atom stereocenters. The molecule has 0 saturated carbocycles. The van der Waals surface area contributed by atoms with Gasteiger partial charge < -0.3 is 9.88 Å². The van der Waals surface area contributed by atoms with Gasteiger partial charge in [0.05, 0.1) is 0 Å². The summed E-state index contributed by atoms with van der Waals surface area (Å²) in [6.45, 7) is 2.03. The lowest BCUT2D eigenvalue weighted by atomic mass is 10.2. The molecule has 100 valence electrons. The van der Waals surface area contributed by atoms with Crippen LogP contribution in [0.4, 0.5) is 5.69 Å². The average molecular weight is 264 g/mol. The number of amides is 1. The van der Waals surface area contributed by atoms with Crippen molar-refractivity contribution in [3.63, 3.8) is 0 Å². The lowest BCUT2D eigenvalue weighted by Crippen LogP contribution is -2.26. The number of para-hydroxylation sites is 1. The van der Waals surface area contributed by atoms with Crippen molar-refractivity contribution in [2.24, 2.45) is 0 Å². The molecule has 3 aromatic rings. The quantitative estimate of drug-likeness (QED) is 0.751. The first-order valence-electron chi connectivity index (χ1n) is 6.57. The van der Waals surface area contributed by atoms with Crippen LogP contribution in [0.15, 0.2) is 54.6 Å². The highest BCUT2D eigenvalue weighted by atomic mass is 16.2. The highest BCUT2D eigenvalue weighted by Crippen LogP contribution is 2.19. The largest absolute Gasteiger partial charge is 0.351 e. The third kappa shape index (κ3) is 2.18. The lowest BCUT2D eigenvalue weighted by Gasteiger charge is -2.16. The van der Waals surface area contributed by atoms with Gasteiger partial charge in [-0.05, 0) is 31.2 Å². The molecule has 1 amide bonds. The Kier molecular flexibility index (Phi) is 3.03. The number of carbonyl (C=O) groups excluding carboxylic acids is 1. The Morgan fingerprint density at radius 1 is 1.05 bits per heavy atom. The first-order chi connectivity index (χ1) is 9.65. The van der Waals surface area contributed by atoms with E-state index in [2.05, 4.69) is 4.98 Å². The molecular weight excluding hydrogens is 248 g/mol. The van der Waals surface area contributed by atoms with Gasteiger partial charge in [0.15, 0.2) is 0 Å². The number of rotatable bonds is 2. The number of anilines is 1. The molecule has 1 N–H and O–H groups in total. The fourth-order valence-electron chi connectivity index (χ4n) is 2.25. The Labute approximate surface area is 117 Å². The summed E-state index contributed by atoms with van der Waals surface area (Å²) < 4.78 is 0. The highest BCUT2D eigenvalue weighted by Gasteiger charge is 2.15. The predicted octanol–water partition coefficient (Wildman–Crippen LogP) is 3.75. The number of H-pyrrole nitrogens is 1. The first kappa shape index (κ1) is 12.5. The number of hydrogen-bond donors (Lipinski definition) is 1. The minimum atomic E-state index is -0.0370. The molecule has 3 heteroatoms. The number of aromatic amines is 1. The van der Waals surface area contributed by atoms with E-state index in [1.54, 1.807) is 11.9 Å². The molecule has 1 aromatic heterocycles. The lowest BCUT2D eigenvalue weighted by molar-refractivity contribution is 0.0989. The van der Waals surface area contributed by atoms with Crippen molar-refractivity contribution in [2.45, 2.75) is 6.92 Å². The smallest absolute Gasteiger partial charge is 0.274 e. The summed E-state index contributed by atoms with van der Waals surface area (Å²) in [6, 6.07) is 17.7. The zero-order chi connectivity index (χ0) is 14.1. The predicted molar refractivity (Wildman–Crippen MR) is 82.2 cm³/mol. The summed E-state index contributed by atoms with van der Waals surface area (Å²) in [5.74, 6) is -0.0370. The van der Waals surface area contributed by atoms with E-state index in [9.17, 15) is 4.79 Å². The minimum Gasteiger partial charge on any atom is -0.351 e. The summed E-state index contributed by atoms with van der Waals surface area (Å²) in [6.07, 6.45) is 0. The molecule has 0 aliphatic rings. The maximum absolute atomic E-state index is 12.5. The summed E-state index contributed by atoms with van der Waals surface area (Å²) in [4.78, 5) is 17.3. The number of hydrogen-bond acceptors (Lipinski definition) is 1. The molecule has 3 rings (SSSR count). The second kappa shape index (κ2) is 4.85. The number of nitrogens with one attached hydrogen (secondary N) is 1. The van der Waals surface area contributed by atoms with E-state index in [0.717, 1.165) is 16.6 Å². The van der Waals surface area contributed by atoms with E-state index < -0.39 is 0 Å². The Morgan fingerprint density at radius 3 is 2.45 bits per heavy atom. The van der Waals surface area contributed by atoms with Crippen molar-refractivity contribution < 1.29 is 4.79 Å². The molecule has 0 atom stereocenters. The van der Waals surface area contributed by atoms with Gasteiger partial charge in [-0.1, -0.05) is 35.9 Å². The number of nitrogens with zero attached hydrogens (tertiary/aromatic N) is 1. The van der Waals surface area contributed by atoms with Gasteiger partial charge in [0.2, 0.25) is 0 Å². The zero-order valence-electron chi connectivity index (χ0n) is 11.6. The van der Waals surface area contributed by atoms with Gasteiger partial charge in [0.1, 0.15) is 5.69 Å². The monoisotopic (exact) mass is 264 g/mol. The van der Waals surface area contributed by atoms with E-state index in [0.29, 0.717) is 5.69 Å². The van der Waals surface area contributed by atoms with Crippen molar-refractivity contribution in [1.82, 2.24) is 4.98 Å². The summed E-state index contributed by atoms with van der Waals surface area (Å²) in [7, 11) is 1.79. The van der Waals surface area contributed by atoms with Gasteiger partial charge in [-0.15, -0.1) is 0 Å². The van der Waals surface area contributed by atoms with Gasteiger partial charge in [-0.2, -0.15) is 0 Å². The maximum Gasteiger partial charge on any atom is 0.274 e. The number of aryl methyl sites for hydroxylation is 1. The van der Waals surface area contributed by atoms with Crippen LogP contribution >= 0.6 is 0 Å². The van der Waals surface area contributed by atoms with Crippen LogP contribution in [0.5, 0.6) is 0 Å². The normalized spacial score (nSPS) is 10.7. The van der Waals surface area contributed by atoms with E-state index in [1.807, 2.05) is 61.5 Å². The van der Waals surface area contributed by atoms with Gasteiger partial charge in [0.25, 0.3) is 5.91 Å². The van der Waals surface area contributed by atoms with Gasteiger partial charge in [0, 0.05) is 23.6 Å². The van der Waals surface area contributed by atoms with Crippen molar-refractivity contribution >= 4 is 22.5 Å². The molecule has 0 fully saturated rings. The van der Waals surface area contributed by atoms with Crippen molar-refractivity contribution in [2.75, 3.05) is 11.9 Å². The van der Waals surface area contributed by atoms with Crippen LogP contribution < -0.4 is 4.90 Å². The Morgan fingerprint density at radius 2 is 1.75 bits per heavy atom. The molecule has 0 aliphatic carbocycles. The van der Waals surface area contributed by atoms with E-state index in [4.69, 9.17) is 0 Å². The third-order valence-electron chi connectivity index (χ3n) is 3.49. The van der Waals surface area contributed by atoms with E-state index in [1.165, 1.54) is 5.56 Å². The van der Waals surface area contributed by atoms with Crippen LogP contribution in [0.25, 0.3) is 10.9 Å². The molecule has 0 bridgehead atoms. The number of fused-ring (bicyclic) bond motifs is 1. The van der Waals surface area contributed by atoms with Crippen LogP contribution in [-0.4, -0.2) is 17.9 Å². The molecule has 0 saturated heterocycles. The Hall–Kier alpha value is -2.55. The van der Waals surface area contributed by atoms with Crippen molar-refractivity contribution in [1.29, 1.82) is 0 Å². The van der Waals surface area contributed by atoms with E-state index in [-0.39, 0.29) is 5.91 Å². The fraction of sp³-hybridized carbons (Fsp3) is 0.118. The fourth-order valence-corrected chi connectivity index (χ4v) is 2.25. The van der Waals surface area contributed by atoms with Crippen LogP contribution in [-0.2, 0) is 0 Å². The molecule has 3 nitrogen and oxygen atoms in total. The number of carbonyl (C=O) groups is 1. The number of aromatic nitrogens is 1. The van der Waals surface area contributed by atoms with Crippen LogP contribution in [0.3, 0.4) is 0 Å². The SMILES string of the molecule is Cc1ccc(N(C)C(=O)c2cc3ccccc3[nH]2)cc1. The second-order valence-corrected chi connectivity index (χ2v) is 4.97. The molecule has 0 radical (unpaired) electrons. The maximum atomic E-state index is 12.5. The van der Waals surface area contributed by atoms with Crippen molar-refractivity contribution in [3.8, 4) is 0 Å². The van der Waals surface area contributed by atoms with E-state index >= 15 is 0 Å². The molecule has 0 spiro atoms. The second-order valence-electron chi connectivity index (χ2n) is 4.97. The first-order valence-corrected chi connectivity index (χ1v) is 6.57. The molecular formula is C17H16N2O. The number of benzene rings is 2. The van der Waals surface area contributed by atoms with Gasteiger partial charge >= 0.3 is 0 Å². The third-order valence-corrected chi connectivity index (χ3v) is 3.49. The van der Waals surface area contributed by atoms with Crippen molar-refractivity contribution in [3.05, 3.63) is 65.9 Å². The van der Waals surface area contributed by atoms with Gasteiger partial charge in [-0.3, -0.25) is 4.79 Å². The average Bonchev–Trinajstić information content (AvgIpc) is 2.90. The van der Waals surface area contributed by atoms with Crippen LogP contribution in [0, 0.1) is 6.92 Å². The van der Waals surface area contributed by atoms with Crippen LogP contribution in [0.2, 0.25) is 0 Å². The Bertz CT molecular complexity index is 723. The van der Waals surface area contributed by atoms with Gasteiger partial charge in [-0.25, -0.2) is 0 Å². The zero-order valence-corrected chi connectivity index (χ0v) is 11.6. The van der Waals surface area contributed by atoms with Crippen LogP contribution in [0.1, 0.15) is 16.1 Å². The summed E-state index contributed by atoms with van der Waals surface area (Å²) in [5.41, 5.74) is 3.65. The molecule has 0 aliphatic heterocycles.